The molecule has 86 valence electrons. The van der Waals surface area contributed by atoms with Crippen LogP contribution >= 0.6 is 11.3 Å². The molecule has 0 aliphatic heterocycles. The van der Waals surface area contributed by atoms with Gasteiger partial charge in [-0.05, 0) is 38.3 Å². The molecule has 0 amide bonds. The van der Waals surface area contributed by atoms with Gasteiger partial charge in [0.15, 0.2) is 0 Å². The lowest BCUT2D eigenvalue weighted by Gasteiger charge is -2.20. The van der Waals surface area contributed by atoms with Crippen LogP contribution in [0.5, 0.6) is 0 Å². The third-order valence-corrected chi connectivity index (χ3v) is 3.72. The second-order valence-corrected chi connectivity index (χ2v) is 5.68. The maximum Gasteiger partial charge on any atom is 0.0608 e. The highest BCUT2D eigenvalue weighted by Crippen LogP contribution is 2.21. The van der Waals surface area contributed by atoms with Crippen molar-refractivity contribution in [3.63, 3.8) is 0 Å². The number of aliphatic hydroxyl groups excluding tert-OH is 1. The molecular weight excluding hydrogens is 206 g/mol. The Balaban J connectivity index is 2.44. The summed E-state index contributed by atoms with van der Waals surface area (Å²) in [6, 6.07) is 4.39. The monoisotopic (exact) mass is 227 g/mol. The highest BCUT2D eigenvalue weighted by molar-refractivity contribution is 7.11. The highest BCUT2D eigenvalue weighted by Gasteiger charge is 2.16. The lowest BCUT2D eigenvalue weighted by Crippen LogP contribution is -2.40. The van der Waals surface area contributed by atoms with E-state index < -0.39 is 5.54 Å². The van der Waals surface area contributed by atoms with Crippen molar-refractivity contribution in [2.75, 3.05) is 6.61 Å². The zero-order valence-electron chi connectivity index (χ0n) is 9.62. The molecule has 15 heavy (non-hydrogen) atoms. The molecule has 1 heterocycles. The van der Waals surface area contributed by atoms with Crippen molar-refractivity contribution >= 4 is 11.3 Å². The van der Waals surface area contributed by atoms with Crippen molar-refractivity contribution in [2.45, 2.75) is 45.1 Å². The summed E-state index contributed by atoms with van der Waals surface area (Å²) in [6.07, 6.45) is 4.19. The molecule has 0 aliphatic rings. The molecule has 0 saturated heterocycles. The molecule has 0 spiro atoms. The summed E-state index contributed by atoms with van der Waals surface area (Å²) in [5.41, 5.74) is 5.45. The fraction of sp³-hybridized carbons (Fsp3) is 0.667. The zero-order chi connectivity index (χ0) is 11.3. The summed E-state index contributed by atoms with van der Waals surface area (Å²) >= 11 is 1.87. The van der Waals surface area contributed by atoms with Crippen LogP contribution in [0, 0.1) is 0 Å². The smallest absolute Gasteiger partial charge is 0.0608 e. The van der Waals surface area contributed by atoms with Gasteiger partial charge in [0.25, 0.3) is 0 Å². The first-order valence-corrected chi connectivity index (χ1v) is 6.36. The first kappa shape index (κ1) is 12.7. The fourth-order valence-corrected chi connectivity index (χ4v) is 2.54. The molecule has 1 atom stereocenters. The van der Waals surface area contributed by atoms with E-state index in [0.29, 0.717) is 0 Å². The summed E-state index contributed by atoms with van der Waals surface area (Å²) in [6.45, 7) is 4.15. The molecule has 0 aliphatic carbocycles. The lowest BCUT2D eigenvalue weighted by molar-refractivity contribution is 0.201. The Kier molecular flexibility index (Phi) is 4.77. The lowest BCUT2D eigenvalue weighted by atomic mass is 9.98. The second-order valence-electron chi connectivity index (χ2n) is 4.43. The van der Waals surface area contributed by atoms with Crippen LogP contribution in [-0.4, -0.2) is 17.3 Å². The molecule has 2 nitrogen and oxygen atoms in total. The normalized spacial score (nSPS) is 15.2. The Bertz CT molecular complexity index is 294. The van der Waals surface area contributed by atoms with Gasteiger partial charge in [0.2, 0.25) is 0 Å². The SMILES string of the molecule is CCCc1ccc(CCC(C)(N)CO)s1. The van der Waals surface area contributed by atoms with Crippen molar-refractivity contribution in [1.82, 2.24) is 0 Å². The van der Waals surface area contributed by atoms with Crippen LogP contribution in [-0.2, 0) is 12.8 Å². The first-order chi connectivity index (χ1) is 7.07. The van der Waals surface area contributed by atoms with Crippen molar-refractivity contribution in [3.05, 3.63) is 21.9 Å². The maximum atomic E-state index is 9.04. The molecule has 0 bridgehead atoms. The van der Waals surface area contributed by atoms with E-state index in [-0.39, 0.29) is 6.61 Å². The number of aliphatic hydroxyl groups is 1. The average Bonchev–Trinajstić information content (AvgIpc) is 2.64. The minimum absolute atomic E-state index is 0.0557. The summed E-state index contributed by atoms with van der Waals surface area (Å²) in [5, 5.41) is 9.04. The molecule has 1 aromatic heterocycles. The van der Waals surface area contributed by atoms with Crippen LogP contribution in [0.1, 0.15) is 36.4 Å². The van der Waals surface area contributed by atoms with E-state index in [4.69, 9.17) is 10.8 Å². The molecule has 1 rings (SSSR count). The van der Waals surface area contributed by atoms with Crippen LogP contribution < -0.4 is 5.73 Å². The third-order valence-electron chi connectivity index (χ3n) is 2.52. The van der Waals surface area contributed by atoms with Gasteiger partial charge in [-0.1, -0.05) is 13.3 Å². The minimum atomic E-state index is -0.436. The van der Waals surface area contributed by atoms with Gasteiger partial charge in [-0.25, -0.2) is 0 Å². The summed E-state index contributed by atoms with van der Waals surface area (Å²) in [4.78, 5) is 2.83. The number of nitrogens with two attached hydrogens (primary N) is 1. The zero-order valence-corrected chi connectivity index (χ0v) is 10.4. The van der Waals surface area contributed by atoms with E-state index in [1.54, 1.807) is 0 Å². The molecular formula is C12H21NOS. The Hall–Kier alpha value is -0.380. The second kappa shape index (κ2) is 5.64. The summed E-state index contributed by atoms with van der Waals surface area (Å²) in [5.74, 6) is 0. The highest BCUT2D eigenvalue weighted by atomic mass is 32.1. The molecule has 1 aromatic rings. The standard InChI is InChI=1S/C12H21NOS/c1-3-4-10-5-6-11(15-10)7-8-12(2,13)9-14/h5-6,14H,3-4,7-9,13H2,1-2H3. The van der Waals surface area contributed by atoms with Gasteiger partial charge in [0, 0.05) is 15.3 Å². The number of rotatable bonds is 6. The van der Waals surface area contributed by atoms with E-state index in [1.165, 1.54) is 22.6 Å². The van der Waals surface area contributed by atoms with Crippen molar-refractivity contribution in [3.8, 4) is 0 Å². The number of hydrogen-bond acceptors (Lipinski definition) is 3. The third kappa shape index (κ3) is 4.33. The quantitative estimate of drug-likeness (QED) is 0.783. The fourth-order valence-electron chi connectivity index (χ4n) is 1.43. The topological polar surface area (TPSA) is 46.2 Å². The van der Waals surface area contributed by atoms with Crippen molar-refractivity contribution in [1.29, 1.82) is 0 Å². The van der Waals surface area contributed by atoms with Crippen LogP contribution in [0.15, 0.2) is 12.1 Å². The average molecular weight is 227 g/mol. The van der Waals surface area contributed by atoms with E-state index in [1.807, 2.05) is 18.3 Å². The molecule has 0 fully saturated rings. The first-order valence-electron chi connectivity index (χ1n) is 5.55. The van der Waals surface area contributed by atoms with Gasteiger partial charge in [-0.15, -0.1) is 11.3 Å². The largest absolute Gasteiger partial charge is 0.394 e. The van der Waals surface area contributed by atoms with Gasteiger partial charge in [0.05, 0.1) is 6.61 Å². The van der Waals surface area contributed by atoms with Crippen molar-refractivity contribution < 1.29 is 5.11 Å². The van der Waals surface area contributed by atoms with Crippen molar-refractivity contribution in [2.24, 2.45) is 5.73 Å². The molecule has 3 N–H and O–H groups in total. The van der Waals surface area contributed by atoms with Crippen LogP contribution in [0.25, 0.3) is 0 Å². The molecule has 0 aromatic carbocycles. The Morgan fingerprint density at radius 3 is 2.47 bits per heavy atom. The molecule has 0 saturated carbocycles. The summed E-state index contributed by atoms with van der Waals surface area (Å²) < 4.78 is 0. The van der Waals surface area contributed by atoms with Gasteiger partial charge in [0.1, 0.15) is 0 Å². The van der Waals surface area contributed by atoms with E-state index in [0.717, 1.165) is 12.8 Å². The van der Waals surface area contributed by atoms with Crippen LogP contribution in [0.3, 0.4) is 0 Å². The van der Waals surface area contributed by atoms with Gasteiger partial charge in [-0.2, -0.15) is 0 Å². The predicted octanol–water partition coefficient (Wildman–Crippen LogP) is 2.34. The maximum absolute atomic E-state index is 9.04. The van der Waals surface area contributed by atoms with E-state index in [9.17, 15) is 0 Å². The Morgan fingerprint density at radius 1 is 1.33 bits per heavy atom. The van der Waals surface area contributed by atoms with E-state index in [2.05, 4.69) is 19.1 Å². The number of thiophene rings is 1. The number of hydrogen-bond donors (Lipinski definition) is 2. The molecule has 3 heteroatoms. The summed E-state index contributed by atoms with van der Waals surface area (Å²) in [7, 11) is 0. The van der Waals surface area contributed by atoms with Gasteiger partial charge in [-0.3, -0.25) is 0 Å². The predicted molar refractivity (Wildman–Crippen MR) is 66.3 cm³/mol. The number of aryl methyl sites for hydroxylation is 2. The van der Waals surface area contributed by atoms with Gasteiger partial charge >= 0.3 is 0 Å². The Morgan fingerprint density at radius 2 is 1.93 bits per heavy atom. The van der Waals surface area contributed by atoms with Crippen LogP contribution in [0.4, 0.5) is 0 Å². The molecule has 0 radical (unpaired) electrons. The van der Waals surface area contributed by atoms with Crippen LogP contribution in [0.2, 0.25) is 0 Å². The molecule has 1 unspecified atom stereocenters. The minimum Gasteiger partial charge on any atom is -0.394 e. The van der Waals surface area contributed by atoms with Gasteiger partial charge < -0.3 is 10.8 Å². The van der Waals surface area contributed by atoms with E-state index >= 15 is 0 Å². The Labute approximate surface area is 96.1 Å².